The predicted octanol–water partition coefficient (Wildman–Crippen LogP) is 0.704. The smallest absolute Gasteiger partial charge is 0.410 e. The van der Waals surface area contributed by atoms with Gasteiger partial charge in [0, 0.05) is 17.8 Å². The molecule has 1 fully saturated rings. The van der Waals surface area contributed by atoms with Crippen molar-refractivity contribution in [3.8, 4) is 0 Å². The maximum absolute atomic E-state index is 11.1. The van der Waals surface area contributed by atoms with Gasteiger partial charge in [0.15, 0.2) is 0 Å². The topological polar surface area (TPSA) is 111 Å². The Bertz CT molecular complexity index is 533. The van der Waals surface area contributed by atoms with Crippen LogP contribution in [0.1, 0.15) is 17.7 Å². The van der Waals surface area contributed by atoms with Crippen molar-refractivity contribution in [1.82, 2.24) is 9.88 Å². The number of amides is 1. The number of hydrogen-bond donors (Lipinski definition) is 3. The first-order valence-corrected chi connectivity index (χ1v) is 6.24. The van der Waals surface area contributed by atoms with E-state index in [-0.39, 0.29) is 6.42 Å². The number of aliphatic hydroxyl groups is 1. The van der Waals surface area contributed by atoms with Crippen LogP contribution in [0.5, 0.6) is 0 Å². The first-order chi connectivity index (χ1) is 9.40. The van der Waals surface area contributed by atoms with Crippen LogP contribution in [0, 0.1) is 12.8 Å². The fraction of sp³-hybridized carbons (Fsp3) is 0.462. The highest BCUT2D eigenvalue weighted by atomic mass is 16.4. The summed E-state index contributed by atoms with van der Waals surface area (Å²) in [6.07, 6.45) is -0.571. The van der Waals surface area contributed by atoms with Crippen LogP contribution < -0.4 is 0 Å². The van der Waals surface area contributed by atoms with Crippen LogP contribution in [-0.4, -0.2) is 49.5 Å². The average Bonchev–Trinajstić information content (AvgIpc) is 2.67. The lowest BCUT2D eigenvalue weighted by molar-refractivity contribution is -0.143. The van der Waals surface area contributed by atoms with Crippen LogP contribution in [-0.2, 0) is 11.2 Å². The van der Waals surface area contributed by atoms with Gasteiger partial charge in [-0.3, -0.25) is 9.88 Å². The van der Waals surface area contributed by atoms with E-state index in [4.69, 9.17) is 10.2 Å². The summed E-state index contributed by atoms with van der Waals surface area (Å²) >= 11 is 0. The third kappa shape index (κ3) is 2.72. The quantitative estimate of drug-likeness (QED) is 0.751. The van der Waals surface area contributed by atoms with Gasteiger partial charge in [0.2, 0.25) is 0 Å². The number of aliphatic carboxylic acids is 1. The van der Waals surface area contributed by atoms with Crippen LogP contribution in [0.4, 0.5) is 4.79 Å². The van der Waals surface area contributed by atoms with E-state index in [0.29, 0.717) is 11.3 Å². The van der Waals surface area contributed by atoms with E-state index in [1.807, 2.05) is 13.0 Å². The van der Waals surface area contributed by atoms with E-state index in [0.717, 1.165) is 11.3 Å². The van der Waals surface area contributed by atoms with Crippen molar-refractivity contribution in [3.05, 3.63) is 29.6 Å². The Morgan fingerprint density at radius 3 is 2.65 bits per heavy atom. The first-order valence-electron chi connectivity index (χ1n) is 6.24. The molecule has 0 radical (unpaired) electrons. The van der Waals surface area contributed by atoms with E-state index in [1.54, 1.807) is 12.3 Å². The van der Waals surface area contributed by atoms with Crippen LogP contribution in [0.3, 0.4) is 0 Å². The first kappa shape index (κ1) is 14.3. The lowest BCUT2D eigenvalue weighted by Crippen LogP contribution is -2.44. The van der Waals surface area contributed by atoms with Crippen LogP contribution in [0.15, 0.2) is 18.3 Å². The summed E-state index contributed by atoms with van der Waals surface area (Å²) in [5.74, 6) is -1.67. The van der Waals surface area contributed by atoms with Crippen molar-refractivity contribution >= 4 is 12.1 Å². The van der Waals surface area contributed by atoms with Gasteiger partial charge in [-0.1, -0.05) is 0 Å². The Morgan fingerprint density at radius 1 is 1.45 bits per heavy atom. The standard InChI is InChI=1S/C13H16N2O5/c1-7-4-8(2-3-14-7)5-9-6-10(12(17)18)15(11(9)16)13(19)20/h2-4,9-11,16H,5-6H2,1H3,(H,17,18)(H,19,20)/t9-,10+,11?/m0/s1. The van der Waals surface area contributed by atoms with Gasteiger partial charge in [0.1, 0.15) is 12.3 Å². The molecule has 1 saturated heterocycles. The molecule has 0 spiro atoms. The maximum Gasteiger partial charge on any atom is 0.410 e. The minimum Gasteiger partial charge on any atom is -0.480 e. The highest BCUT2D eigenvalue weighted by Crippen LogP contribution is 2.31. The van der Waals surface area contributed by atoms with Crippen LogP contribution in [0.25, 0.3) is 0 Å². The van der Waals surface area contributed by atoms with Gasteiger partial charge in [-0.2, -0.15) is 0 Å². The number of carbonyl (C=O) groups is 2. The van der Waals surface area contributed by atoms with E-state index >= 15 is 0 Å². The number of nitrogens with zero attached hydrogens (tertiary/aromatic N) is 2. The van der Waals surface area contributed by atoms with Gasteiger partial charge in [-0.15, -0.1) is 0 Å². The Morgan fingerprint density at radius 2 is 2.15 bits per heavy atom. The Labute approximate surface area is 115 Å². The van der Waals surface area contributed by atoms with Gasteiger partial charge < -0.3 is 15.3 Å². The largest absolute Gasteiger partial charge is 0.480 e. The van der Waals surface area contributed by atoms with Crippen LogP contribution >= 0.6 is 0 Å². The molecule has 7 nitrogen and oxygen atoms in total. The summed E-state index contributed by atoms with van der Waals surface area (Å²) in [6, 6.07) is 2.42. The van der Waals surface area contributed by atoms with E-state index < -0.39 is 30.3 Å². The summed E-state index contributed by atoms with van der Waals surface area (Å²) in [5.41, 5.74) is 1.72. The van der Waals surface area contributed by atoms with Crippen molar-refractivity contribution in [2.75, 3.05) is 0 Å². The lowest BCUT2D eigenvalue weighted by atomic mass is 9.96. The van der Waals surface area contributed by atoms with Crippen molar-refractivity contribution in [2.45, 2.75) is 32.0 Å². The molecule has 1 unspecified atom stereocenters. The molecule has 1 aliphatic heterocycles. The number of aliphatic hydroxyl groups excluding tert-OH is 1. The molecule has 3 N–H and O–H groups in total. The normalized spacial score (nSPS) is 25.7. The monoisotopic (exact) mass is 280 g/mol. The van der Waals surface area contributed by atoms with E-state index in [2.05, 4.69) is 4.98 Å². The highest BCUT2D eigenvalue weighted by Gasteiger charge is 2.46. The predicted molar refractivity (Wildman–Crippen MR) is 68.1 cm³/mol. The molecule has 20 heavy (non-hydrogen) atoms. The Balaban J connectivity index is 2.17. The molecule has 2 heterocycles. The fourth-order valence-electron chi connectivity index (χ4n) is 2.62. The third-order valence-electron chi connectivity index (χ3n) is 3.53. The van der Waals surface area contributed by atoms with Gasteiger partial charge >= 0.3 is 12.1 Å². The molecule has 0 bridgehead atoms. The molecule has 0 aliphatic carbocycles. The second kappa shape index (κ2) is 5.46. The summed E-state index contributed by atoms with van der Waals surface area (Å²) in [6.45, 7) is 1.83. The van der Waals surface area contributed by atoms with Crippen molar-refractivity contribution < 1.29 is 24.9 Å². The average molecular weight is 280 g/mol. The molecule has 0 saturated carbocycles. The number of carboxylic acids is 1. The maximum atomic E-state index is 11.1. The van der Waals surface area contributed by atoms with Crippen LogP contribution in [0.2, 0.25) is 0 Å². The summed E-state index contributed by atoms with van der Waals surface area (Å²) in [5, 5.41) is 28.1. The number of aryl methyl sites for hydroxylation is 1. The van der Waals surface area contributed by atoms with Gasteiger partial charge in [0.05, 0.1) is 0 Å². The molecular weight excluding hydrogens is 264 g/mol. The second-order valence-corrected chi connectivity index (χ2v) is 4.96. The number of hydrogen-bond acceptors (Lipinski definition) is 4. The zero-order valence-electron chi connectivity index (χ0n) is 10.9. The molecule has 1 amide bonds. The molecule has 2 rings (SSSR count). The van der Waals surface area contributed by atoms with Gasteiger partial charge in [0.25, 0.3) is 0 Å². The molecule has 108 valence electrons. The molecule has 3 atom stereocenters. The number of rotatable bonds is 3. The zero-order chi connectivity index (χ0) is 14.9. The highest BCUT2D eigenvalue weighted by molar-refractivity contribution is 5.80. The van der Waals surface area contributed by atoms with Crippen molar-refractivity contribution in [1.29, 1.82) is 0 Å². The summed E-state index contributed by atoms with van der Waals surface area (Å²) in [4.78, 5) is 26.8. The number of carboxylic acid groups (broad SMARTS) is 2. The molecule has 7 heteroatoms. The Kier molecular flexibility index (Phi) is 3.89. The van der Waals surface area contributed by atoms with Crippen molar-refractivity contribution in [3.63, 3.8) is 0 Å². The SMILES string of the molecule is Cc1cc(C[C@H]2C[C@H](C(=O)O)N(C(=O)O)C2O)ccn1. The number of pyridine rings is 1. The number of likely N-dealkylation sites (tertiary alicyclic amines) is 1. The van der Waals surface area contributed by atoms with E-state index in [1.165, 1.54) is 0 Å². The third-order valence-corrected chi connectivity index (χ3v) is 3.53. The van der Waals surface area contributed by atoms with Gasteiger partial charge in [-0.25, -0.2) is 9.59 Å². The van der Waals surface area contributed by atoms with Crippen molar-refractivity contribution in [2.24, 2.45) is 5.92 Å². The zero-order valence-corrected chi connectivity index (χ0v) is 10.9. The Hall–Kier alpha value is -2.15. The fourth-order valence-corrected chi connectivity index (χ4v) is 2.62. The van der Waals surface area contributed by atoms with E-state index in [9.17, 15) is 14.7 Å². The molecule has 1 aromatic heterocycles. The minimum atomic E-state index is -1.42. The molecule has 1 aromatic rings. The molecular formula is C13H16N2O5. The summed E-state index contributed by atoms with van der Waals surface area (Å²) < 4.78 is 0. The number of aromatic nitrogens is 1. The molecule has 0 aromatic carbocycles. The summed E-state index contributed by atoms with van der Waals surface area (Å²) in [7, 11) is 0. The van der Waals surface area contributed by atoms with Gasteiger partial charge in [-0.05, 0) is 37.5 Å². The molecule has 1 aliphatic rings. The minimum absolute atomic E-state index is 0.101. The lowest BCUT2D eigenvalue weighted by Gasteiger charge is -2.22. The second-order valence-electron chi connectivity index (χ2n) is 4.96.